The maximum Gasteiger partial charge on any atom is 0.239 e. The average Bonchev–Trinajstić information content (AvgIpc) is 2.79. The van der Waals surface area contributed by atoms with E-state index in [0.717, 1.165) is 5.56 Å². The van der Waals surface area contributed by atoms with Gasteiger partial charge in [-0.15, -0.1) is 24.7 Å². The molecule has 118 valence electrons. The van der Waals surface area contributed by atoms with Crippen molar-refractivity contribution >= 4 is 11.6 Å². The maximum absolute atomic E-state index is 13.8. The van der Waals surface area contributed by atoms with Gasteiger partial charge >= 0.3 is 0 Å². The van der Waals surface area contributed by atoms with Gasteiger partial charge in [-0.2, -0.15) is 0 Å². The molecule has 3 heteroatoms. The Bertz CT molecular complexity index is 842. The molecular formula is C21H16FNO. The number of fused-ring (bicyclic) bond motifs is 1. The first-order valence-electron chi connectivity index (χ1n) is 7.65. The molecule has 2 aromatic rings. The van der Waals surface area contributed by atoms with Gasteiger partial charge in [0, 0.05) is 18.5 Å². The van der Waals surface area contributed by atoms with Gasteiger partial charge in [-0.25, -0.2) is 4.39 Å². The third-order valence-corrected chi connectivity index (χ3v) is 4.41. The van der Waals surface area contributed by atoms with Crippen LogP contribution in [0.1, 0.15) is 24.0 Å². The van der Waals surface area contributed by atoms with Crippen LogP contribution in [0.4, 0.5) is 10.1 Å². The topological polar surface area (TPSA) is 20.3 Å². The highest BCUT2D eigenvalue weighted by atomic mass is 19.1. The molecule has 0 saturated carbocycles. The number of carbonyl (C=O) groups is 1. The summed E-state index contributed by atoms with van der Waals surface area (Å²) in [6.45, 7) is 0.398. The number of rotatable bonds is 4. The molecule has 1 heterocycles. The molecule has 0 fully saturated rings. The molecule has 0 unspecified atom stereocenters. The van der Waals surface area contributed by atoms with Gasteiger partial charge in [0.2, 0.25) is 5.91 Å². The van der Waals surface area contributed by atoms with Crippen LogP contribution in [0.25, 0.3) is 0 Å². The van der Waals surface area contributed by atoms with Gasteiger partial charge in [-0.05, 0) is 29.3 Å². The van der Waals surface area contributed by atoms with Crippen LogP contribution in [0.3, 0.4) is 0 Å². The van der Waals surface area contributed by atoms with Crippen LogP contribution in [0.2, 0.25) is 0 Å². The lowest BCUT2D eigenvalue weighted by atomic mass is 9.76. The third-order valence-electron chi connectivity index (χ3n) is 4.41. The van der Waals surface area contributed by atoms with Gasteiger partial charge < -0.3 is 4.90 Å². The van der Waals surface area contributed by atoms with E-state index in [0.29, 0.717) is 17.8 Å². The Morgan fingerprint density at radius 1 is 1.04 bits per heavy atom. The summed E-state index contributed by atoms with van der Waals surface area (Å²) in [6.07, 6.45) is 11.3. The predicted octanol–water partition coefficient (Wildman–Crippen LogP) is 3.66. The van der Waals surface area contributed by atoms with Crippen molar-refractivity contribution in [1.29, 1.82) is 0 Å². The van der Waals surface area contributed by atoms with Crippen molar-refractivity contribution in [3.63, 3.8) is 0 Å². The van der Waals surface area contributed by atoms with E-state index in [2.05, 4.69) is 11.8 Å². The Morgan fingerprint density at radius 2 is 1.71 bits per heavy atom. The lowest BCUT2D eigenvalue weighted by Gasteiger charge is -2.25. The van der Waals surface area contributed by atoms with Gasteiger partial charge in [0.1, 0.15) is 5.82 Å². The Hall–Kier alpha value is -3.04. The Kier molecular flexibility index (Phi) is 4.11. The first-order valence-corrected chi connectivity index (χ1v) is 7.65. The number of anilines is 1. The van der Waals surface area contributed by atoms with Gasteiger partial charge in [-0.3, -0.25) is 4.79 Å². The zero-order chi connectivity index (χ0) is 17.2. The fourth-order valence-corrected chi connectivity index (χ4v) is 3.29. The molecule has 2 aromatic carbocycles. The fraction of sp³-hybridized carbons (Fsp3) is 0.190. The first kappa shape index (κ1) is 15.8. The SMILES string of the molecule is C#CCC1(CC#C)C(=O)N(Cc2ccccc2)c2ccc(F)cc21. The van der Waals surface area contributed by atoms with Crippen LogP contribution in [0.15, 0.2) is 48.5 Å². The van der Waals surface area contributed by atoms with Gasteiger partial charge in [0.25, 0.3) is 0 Å². The zero-order valence-corrected chi connectivity index (χ0v) is 13.1. The largest absolute Gasteiger partial charge is 0.307 e. The number of halogens is 1. The smallest absolute Gasteiger partial charge is 0.239 e. The van der Waals surface area contributed by atoms with E-state index in [4.69, 9.17) is 12.8 Å². The summed E-state index contributed by atoms with van der Waals surface area (Å²) >= 11 is 0. The van der Waals surface area contributed by atoms with E-state index in [1.807, 2.05) is 30.3 Å². The molecule has 1 amide bonds. The van der Waals surface area contributed by atoms with Crippen LogP contribution in [0.5, 0.6) is 0 Å². The second kappa shape index (κ2) is 6.22. The first-order chi connectivity index (χ1) is 11.6. The molecule has 2 nitrogen and oxygen atoms in total. The van der Waals surface area contributed by atoms with Crippen molar-refractivity contribution in [3.05, 3.63) is 65.5 Å². The van der Waals surface area contributed by atoms with Crippen molar-refractivity contribution in [2.75, 3.05) is 4.90 Å². The Labute approximate surface area is 141 Å². The molecule has 0 saturated heterocycles. The summed E-state index contributed by atoms with van der Waals surface area (Å²) in [5, 5.41) is 0. The van der Waals surface area contributed by atoms with Crippen molar-refractivity contribution in [3.8, 4) is 24.7 Å². The number of terminal acetylenes is 2. The third kappa shape index (κ3) is 2.45. The summed E-state index contributed by atoms with van der Waals surface area (Å²) in [6, 6.07) is 14.0. The van der Waals surface area contributed by atoms with Crippen LogP contribution in [0, 0.1) is 30.5 Å². The van der Waals surface area contributed by atoms with Gasteiger partial charge in [0.15, 0.2) is 0 Å². The molecule has 24 heavy (non-hydrogen) atoms. The summed E-state index contributed by atoms with van der Waals surface area (Å²) < 4.78 is 13.8. The highest BCUT2D eigenvalue weighted by Gasteiger charge is 2.50. The second-order valence-corrected chi connectivity index (χ2v) is 5.88. The van der Waals surface area contributed by atoms with Crippen molar-refractivity contribution in [1.82, 2.24) is 0 Å². The summed E-state index contributed by atoms with van der Waals surface area (Å²) in [5.41, 5.74) is 1.20. The van der Waals surface area contributed by atoms with Gasteiger partial charge in [0.05, 0.1) is 12.0 Å². The molecule has 1 aliphatic heterocycles. The standard InChI is InChI=1S/C21H16FNO/c1-3-12-21(13-4-2)18-14-17(22)10-11-19(18)23(20(21)24)15-16-8-6-5-7-9-16/h1-2,5-11,14H,12-13,15H2. The van der Waals surface area contributed by atoms with E-state index in [1.165, 1.54) is 12.1 Å². The number of hydrogen-bond donors (Lipinski definition) is 0. The second-order valence-electron chi connectivity index (χ2n) is 5.88. The Balaban J connectivity index is 2.12. The molecular weight excluding hydrogens is 301 g/mol. The number of nitrogens with zero attached hydrogens (tertiary/aromatic N) is 1. The lowest BCUT2D eigenvalue weighted by Crippen LogP contribution is -2.39. The highest BCUT2D eigenvalue weighted by molar-refractivity contribution is 6.08. The molecule has 0 bridgehead atoms. The molecule has 0 aromatic heterocycles. The quantitative estimate of drug-likeness (QED) is 0.788. The fourth-order valence-electron chi connectivity index (χ4n) is 3.29. The minimum absolute atomic E-state index is 0.151. The molecule has 0 aliphatic carbocycles. The van der Waals surface area contributed by atoms with Crippen LogP contribution in [-0.2, 0) is 16.8 Å². The molecule has 0 spiro atoms. The van der Waals surface area contributed by atoms with E-state index in [1.54, 1.807) is 11.0 Å². The number of amides is 1. The number of carbonyl (C=O) groups excluding carboxylic acids is 1. The minimum Gasteiger partial charge on any atom is -0.307 e. The highest BCUT2D eigenvalue weighted by Crippen LogP contribution is 2.46. The minimum atomic E-state index is -1.05. The van der Waals surface area contributed by atoms with E-state index < -0.39 is 11.2 Å². The predicted molar refractivity (Wildman–Crippen MR) is 92.6 cm³/mol. The normalized spacial score (nSPS) is 14.8. The summed E-state index contributed by atoms with van der Waals surface area (Å²) in [7, 11) is 0. The molecule has 0 atom stereocenters. The lowest BCUT2D eigenvalue weighted by molar-refractivity contribution is -0.123. The van der Waals surface area contributed by atoms with Crippen molar-refractivity contribution < 1.29 is 9.18 Å². The van der Waals surface area contributed by atoms with Gasteiger partial charge in [-0.1, -0.05) is 30.3 Å². The molecule has 0 N–H and O–H groups in total. The van der Waals surface area contributed by atoms with Crippen molar-refractivity contribution in [2.24, 2.45) is 0 Å². The van der Waals surface area contributed by atoms with Crippen LogP contribution < -0.4 is 4.90 Å². The number of benzene rings is 2. The van der Waals surface area contributed by atoms with Crippen LogP contribution in [-0.4, -0.2) is 5.91 Å². The van der Waals surface area contributed by atoms with E-state index in [-0.39, 0.29) is 18.7 Å². The van der Waals surface area contributed by atoms with Crippen molar-refractivity contribution in [2.45, 2.75) is 24.8 Å². The molecule has 0 radical (unpaired) electrons. The van der Waals surface area contributed by atoms with E-state index in [9.17, 15) is 9.18 Å². The number of hydrogen-bond acceptors (Lipinski definition) is 1. The maximum atomic E-state index is 13.8. The molecule has 3 rings (SSSR count). The zero-order valence-electron chi connectivity index (χ0n) is 13.1. The molecule has 1 aliphatic rings. The van der Waals surface area contributed by atoms with Crippen LogP contribution >= 0.6 is 0 Å². The monoisotopic (exact) mass is 317 g/mol. The van der Waals surface area contributed by atoms with E-state index >= 15 is 0 Å². The average molecular weight is 317 g/mol. The summed E-state index contributed by atoms with van der Waals surface area (Å²) in [4.78, 5) is 14.8. The Morgan fingerprint density at radius 3 is 2.33 bits per heavy atom. The summed E-state index contributed by atoms with van der Waals surface area (Å²) in [5.74, 6) is 4.52.